The molecule has 0 saturated carbocycles. The van der Waals surface area contributed by atoms with Crippen molar-refractivity contribution in [2.45, 2.75) is 32.6 Å². The van der Waals surface area contributed by atoms with Crippen molar-refractivity contribution >= 4 is 17.2 Å². The molecule has 0 saturated heterocycles. The van der Waals surface area contributed by atoms with E-state index in [9.17, 15) is 4.79 Å². The van der Waals surface area contributed by atoms with E-state index in [1.807, 2.05) is 6.07 Å². The Morgan fingerprint density at radius 3 is 3.00 bits per heavy atom. The maximum Gasteiger partial charge on any atom is 0.220 e. The quantitative estimate of drug-likeness (QED) is 0.747. The maximum atomic E-state index is 11.5. The van der Waals surface area contributed by atoms with Crippen molar-refractivity contribution in [2.75, 3.05) is 13.1 Å². The summed E-state index contributed by atoms with van der Waals surface area (Å²) in [4.78, 5) is 12.9. The van der Waals surface area contributed by atoms with Crippen LogP contribution in [0.5, 0.6) is 0 Å². The molecule has 1 atom stereocenters. The molecule has 0 spiro atoms. The van der Waals surface area contributed by atoms with Gasteiger partial charge in [-0.05, 0) is 43.2 Å². The van der Waals surface area contributed by atoms with Gasteiger partial charge in [0, 0.05) is 17.8 Å². The van der Waals surface area contributed by atoms with Crippen LogP contribution in [0.25, 0.3) is 0 Å². The van der Waals surface area contributed by atoms with Crippen LogP contribution < -0.4 is 11.1 Å². The summed E-state index contributed by atoms with van der Waals surface area (Å²) in [7, 11) is 0. The Morgan fingerprint density at radius 1 is 1.53 bits per heavy atom. The van der Waals surface area contributed by atoms with Crippen molar-refractivity contribution in [1.29, 1.82) is 0 Å². The minimum atomic E-state index is 0.158. The third-order valence-corrected chi connectivity index (χ3v) is 3.73. The Labute approximate surface area is 107 Å². The van der Waals surface area contributed by atoms with Crippen LogP contribution in [0.15, 0.2) is 17.5 Å². The van der Waals surface area contributed by atoms with Crippen LogP contribution in [-0.2, 0) is 11.2 Å². The number of nitrogens with one attached hydrogen (secondary N) is 1. The summed E-state index contributed by atoms with van der Waals surface area (Å²) in [5.74, 6) is 0.702. The van der Waals surface area contributed by atoms with Gasteiger partial charge in [0.05, 0.1) is 0 Å². The fraction of sp³-hybridized carbons (Fsp3) is 0.615. The smallest absolute Gasteiger partial charge is 0.220 e. The molecule has 0 radical (unpaired) electrons. The van der Waals surface area contributed by atoms with Gasteiger partial charge in [0.25, 0.3) is 0 Å². The van der Waals surface area contributed by atoms with E-state index < -0.39 is 0 Å². The molecule has 17 heavy (non-hydrogen) atoms. The molecule has 1 aromatic rings. The van der Waals surface area contributed by atoms with Gasteiger partial charge in [0.15, 0.2) is 0 Å². The van der Waals surface area contributed by atoms with Crippen LogP contribution in [0, 0.1) is 5.92 Å². The second-order valence-corrected chi connectivity index (χ2v) is 5.43. The normalized spacial score (nSPS) is 12.4. The molecule has 1 amide bonds. The first-order chi connectivity index (χ1) is 8.22. The third kappa shape index (κ3) is 6.44. The zero-order valence-corrected chi connectivity index (χ0v) is 11.3. The van der Waals surface area contributed by atoms with Crippen LogP contribution in [-0.4, -0.2) is 19.0 Å². The van der Waals surface area contributed by atoms with Gasteiger partial charge < -0.3 is 11.1 Å². The molecule has 0 aliphatic carbocycles. The summed E-state index contributed by atoms with van der Waals surface area (Å²) < 4.78 is 0. The first-order valence-electron chi connectivity index (χ1n) is 6.21. The summed E-state index contributed by atoms with van der Waals surface area (Å²) in [6.45, 7) is 3.59. The predicted octanol–water partition coefficient (Wildman–Crippen LogP) is 2.17. The zero-order chi connectivity index (χ0) is 12.5. The first kappa shape index (κ1) is 14.2. The topological polar surface area (TPSA) is 55.1 Å². The molecule has 0 bridgehead atoms. The minimum absolute atomic E-state index is 0.158. The van der Waals surface area contributed by atoms with Crippen molar-refractivity contribution < 1.29 is 4.79 Å². The average Bonchev–Trinajstić information content (AvgIpc) is 2.80. The molecule has 0 aromatic carbocycles. The van der Waals surface area contributed by atoms with Gasteiger partial charge in [-0.15, -0.1) is 11.3 Å². The second-order valence-electron chi connectivity index (χ2n) is 4.40. The van der Waals surface area contributed by atoms with Crippen molar-refractivity contribution in [3.8, 4) is 0 Å². The second kappa shape index (κ2) is 8.25. The number of hydrogen-bond donors (Lipinski definition) is 2. The van der Waals surface area contributed by atoms with Crippen LogP contribution in [0.3, 0.4) is 0 Å². The monoisotopic (exact) mass is 254 g/mol. The predicted molar refractivity (Wildman–Crippen MR) is 73.1 cm³/mol. The summed E-state index contributed by atoms with van der Waals surface area (Å²) in [5.41, 5.74) is 5.47. The van der Waals surface area contributed by atoms with Crippen molar-refractivity contribution in [3.63, 3.8) is 0 Å². The summed E-state index contributed by atoms with van der Waals surface area (Å²) in [6, 6.07) is 4.14. The van der Waals surface area contributed by atoms with Gasteiger partial charge in [-0.3, -0.25) is 4.79 Å². The third-order valence-electron chi connectivity index (χ3n) is 2.80. The average molecular weight is 254 g/mol. The molecule has 0 aliphatic rings. The fourth-order valence-electron chi connectivity index (χ4n) is 1.67. The lowest BCUT2D eigenvalue weighted by molar-refractivity contribution is -0.121. The van der Waals surface area contributed by atoms with Crippen LogP contribution >= 0.6 is 11.3 Å². The number of thiophene rings is 1. The van der Waals surface area contributed by atoms with Gasteiger partial charge in [-0.2, -0.15) is 0 Å². The molecule has 1 heterocycles. The van der Waals surface area contributed by atoms with Crippen molar-refractivity contribution in [1.82, 2.24) is 5.32 Å². The lowest BCUT2D eigenvalue weighted by atomic mass is 10.0. The van der Waals surface area contributed by atoms with E-state index in [0.717, 1.165) is 25.8 Å². The number of hydrogen-bond acceptors (Lipinski definition) is 3. The number of rotatable bonds is 8. The Bertz CT molecular complexity index is 311. The molecule has 1 aromatic heterocycles. The highest BCUT2D eigenvalue weighted by Gasteiger charge is 2.05. The molecule has 1 unspecified atom stereocenters. The maximum absolute atomic E-state index is 11.5. The standard InChI is InChI=1S/C13H22N2OS/c1-11(6-8-14)4-5-13(16)15-9-7-12-3-2-10-17-12/h2-3,10-11H,4-9,14H2,1H3,(H,15,16). The van der Waals surface area contributed by atoms with E-state index in [4.69, 9.17) is 5.73 Å². The SMILES string of the molecule is CC(CCN)CCC(=O)NCCc1cccs1. The van der Waals surface area contributed by atoms with Crippen LogP contribution in [0.2, 0.25) is 0 Å². The van der Waals surface area contributed by atoms with Gasteiger partial charge in [0.1, 0.15) is 0 Å². The van der Waals surface area contributed by atoms with E-state index in [1.165, 1.54) is 4.88 Å². The lowest BCUT2D eigenvalue weighted by Gasteiger charge is -2.09. The summed E-state index contributed by atoms with van der Waals surface area (Å²) >= 11 is 1.73. The van der Waals surface area contributed by atoms with Crippen molar-refractivity contribution in [3.05, 3.63) is 22.4 Å². The molecule has 3 N–H and O–H groups in total. The molecular weight excluding hydrogens is 232 g/mol. The number of amides is 1. The van der Waals surface area contributed by atoms with Gasteiger partial charge in [-0.1, -0.05) is 13.0 Å². The Balaban J connectivity index is 2.05. The molecule has 96 valence electrons. The molecule has 1 rings (SSSR count). The Kier molecular flexibility index (Phi) is 6.89. The Morgan fingerprint density at radius 2 is 2.35 bits per heavy atom. The number of carbonyl (C=O) groups excluding carboxylic acids is 1. The highest BCUT2D eigenvalue weighted by molar-refractivity contribution is 7.09. The van der Waals surface area contributed by atoms with E-state index in [0.29, 0.717) is 18.9 Å². The Hall–Kier alpha value is -0.870. The first-order valence-corrected chi connectivity index (χ1v) is 7.09. The van der Waals surface area contributed by atoms with Crippen LogP contribution in [0.1, 0.15) is 31.1 Å². The highest BCUT2D eigenvalue weighted by atomic mass is 32.1. The highest BCUT2D eigenvalue weighted by Crippen LogP contribution is 2.09. The van der Waals surface area contributed by atoms with E-state index >= 15 is 0 Å². The number of carbonyl (C=O) groups is 1. The molecular formula is C13H22N2OS. The van der Waals surface area contributed by atoms with Gasteiger partial charge in [-0.25, -0.2) is 0 Å². The molecule has 0 fully saturated rings. The minimum Gasteiger partial charge on any atom is -0.356 e. The fourth-order valence-corrected chi connectivity index (χ4v) is 2.38. The largest absolute Gasteiger partial charge is 0.356 e. The molecule has 3 nitrogen and oxygen atoms in total. The zero-order valence-electron chi connectivity index (χ0n) is 10.4. The van der Waals surface area contributed by atoms with Gasteiger partial charge >= 0.3 is 0 Å². The summed E-state index contributed by atoms with van der Waals surface area (Å²) in [5, 5.41) is 5.02. The number of nitrogens with two attached hydrogens (primary N) is 1. The van der Waals surface area contributed by atoms with E-state index in [1.54, 1.807) is 11.3 Å². The molecule has 4 heteroatoms. The van der Waals surface area contributed by atoms with Crippen LogP contribution in [0.4, 0.5) is 0 Å². The molecule has 0 aliphatic heterocycles. The van der Waals surface area contributed by atoms with Gasteiger partial charge in [0.2, 0.25) is 5.91 Å². The summed E-state index contributed by atoms with van der Waals surface area (Å²) in [6.07, 6.45) is 3.48. The lowest BCUT2D eigenvalue weighted by Crippen LogP contribution is -2.25. The van der Waals surface area contributed by atoms with Crippen molar-refractivity contribution in [2.24, 2.45) is 11.7 Å². The van der Waals surface area contributed by atoms with E-state index in [-0.39, 0.29) is 5.91 Å². The van der Waals surface area contributed by atoms with E-state index in [2.05, 4.69) is 23.7 Å².